The van der Waals surface area contributed by atoms with Crippen LogP contribution in [-0.2, 0) is 0 Å². The lowest BCUT2D eigenvalue weighted by Crippen LogP contribution is -2.19. The molecule has 1 N–H and O–H groups in total. The lowest BCUT2D eigenvalue weighted by atomic mass is 10.1. The summed E-state index contributed by atoms with van der Waals surface area (Å²) in [6.07, 6.45) is 0. The molecule has 0 aliphatic heterocycles. The Bertz CT molecular complexity index is 688. The molecule has 1 aromatic carbocycles. The van der Waals surface area contributed by atoms with Crippen molar-refractivity contribution in [1.29, 1.82) is 0 Å². The number of benzene rings is 1. The number of rotatable bonds is 3. The third-order valence-electron chi connectivity index (χ3n) is 3.16. The number of carbonyl (C=O) groups excluding carboxylic acids is 1. The van der Waals surface area contributed by atoms with Gasteiger partial charge in [-0.2, -0.15) is 5.10 Å². The molecule has 20 heavy (non-hydrogen) atoms. The van der Waals surface area contributed by atoms with Crippen molar-refractivity contribution in [2.75, 3.05) is 0 Å². The van der Waals surface area contributed by atoms with Gasteiger partial charge in [0.15, 0.2) is 0 Å². The van der Waals surface area contributed by atoms with Crippen LogP contribution in [0.3, 0.4) is 0 Å². The van der Waals surface area contributed by atoms with E-state index in [1.54, 1.807) is 0 Å². The Morgan fingerprint density at radius 2 is 2.10 bits per heavy atom. The van der Waals surface area contributed by atoms with Crippen molar-refractivity contribution in [2.24, 2.45) is 11.0 Å². The Hall–Kier alpha value is -1.39. The summed E-state index contributed by atoms with van der Waals surface area (Å²) in [7, 11) is 0. The van der Waals surface area contributed by atoms with Gasteiger partial charge in [-0.25, -0.2) is 5.43 Å². The van der Waals surface area contributed by atoms with E-state index in [-0.39, 0.29) is 5.91 Å². The van der Waals surface area contributed by atoms with Crippen molar-refractivity contribution in [1.82, 2.24) is 5.43 Å². The first kappa shape index (κ1) is 15.0. The highest BCUT2D eigenvalue weighted by molar-refractivity contribution is 7.21. The molecule has 3 nitrogen and oxygen atoms in total. The first-order chi connectivity index (χ1) is 9.40. The average molecular weight is 309 g/mol. The van der Waals surface area contributed by atoms with Crippen LogP contribution in [0.15, 0.2) is 23.3 Å². The SMILES string of the molecule is C/C(=N\NC(=O)c1sc2cc(C)ccc2c1Cl)C(C)C. The van der Waals surface area contributed by atoms with Crippen LogP contribution in [0.4, 0.5) is 0 Å². The van der Waals surface area contributed by atoms with Gasteiger partial charge in [0.05, 0.1) is 5.02 Å². The fourth-order valence-corrected chi connectivity index (χ4v) is 3.14. The van der Waals surface area contributed by atoms with Crippen LogP contribution >= 0.6 is 22.9 Å². The number of hydrazone groups is 1. The molecule has 0 unspecified atom stereocenters. The second-order valence-corrected chi connectivity index (χ2v) is 6.52. The summed E-state index contributed by atoms with van der Waals surface area (Å²) in [4.78, 5) is 12.7. The topological polar surface area (TPSA) is 41.5 Å². The van der Waals surface area contributed by atoms with E-state index in [1.165, 1.54) is 11.3 Å². The smallest absolute Gasteiger partial charge is 0.266 e. The van der Waals surface area contributed by atoms with Crippen molar-refractivity contribution in [3.8, 4) is 0 Å². The molecule has 0 spiro atoms. The van der Waals surface area contributed by atoms with Crippen LogP contribution in [0, 0.1) is 12.8 Å². The van der Waals surface area contributed by atoms with Crippen molar-refractivity contribution in [3.63, 3.8) is 0 Å². The number of halogens is 1. The molecular weight excluding hydrogens is 292 g/mol. The van der Waals surface area contributed by atoms with E-state index < -0.39 is 0 Å². The molecule has 0 saturated carbocycles. The Balaban J connectivity index is 2.31. The predicted octanol–water partition coefficient (Wildman–Crippen LogP) is 4.62. The van der Waals surface area contributed by atoms with Crippen LogP contribution in [0.5, 0.6) is 0 Å². The van der Waals surface area contributed by atoms with Gasteiger partial charge in [-0.15, -0.1) is 11.3 Å². The standard InChI is InChI=1S/C15H17ClN2OS/c1-8(2)10(4)17-18-15(19)14-13(16)11-6-5-9(3)7-12(11)20-14/h5-8H,1-4H3,(H,18,19)/b17-10+. The summed E-state index contributed by atoms with van der Waals surface area (Å²) in [5.41, 5.74) is 4.60. The Morgan fingerprint density at radius 1 is 1.40 bits per heavy atom. The number of hydrogen-bond acceptors (Lipinski definition) is 3. The summed E-state index contributed by atoms with van der Waals surface area (Å²) < 4.78 is 1.02. The van der Waals surface area contributed by atoms with Crippen LogP contribution in [0.2, 0.25) is 5.02 Å². The Kier molecular flexibility index (Phi) is 4.45. The summed E-state index contributed by atoms with van der Waals surface area (Å²) in [6.45, 7) is 7.96. The van der Waals surface area contributed by atoms with Crippen molar-refractivity contribution >= 4 is 44.6 Å². The first-order valence-corrected chi connectivity index (χ1v) is 7.62. The zero-order valence-corrected chi connectivity index (χ0v) is 13.5. The fraction of sp³-hybridized carbons (Fsp3) is 0.333. The van der Waals surface area contributed by atoms with Gasteiger partial charge in [0.2, 0.25) is 0 Å². The van der Waals surface area contributed by atoms with Gasteiger partial charge >= 0.3 is 0 Å². The number of carbonyl (C=O) groups is 1. The molecule has 2 aromatic rings. The molecular formula is C15H17ClN2OS. The molecule has 0 radical (unpaired) electrons. The largest absolute Gasteiger partial charge is 0.283 e. The Labute approximate surface area is 127 Å². The van der Waals surface area contributed by atoms with Gasteiger partial charge < -0.3 is 0 Å². The maximum absolute atomic E-state index is 12.2. The van der Waals surface area contributed by atoms with E-state index in [9.17, 15) is 4.79 Å². The zero-order valence-electron chi connectivity index (χ0n) is 12.0. The average Bonchev–Trinajstić information content (AvgIpc) is 2.72. The lowest BCUT2D eigenvalue weighted by molar-refractivity contribution is 0.0959. The highest BCUT2D eigenvalue weighted by Crippen LogP contribution is 2.35. The fourth-order valence-electron chi connectivity index (χ4n) is 1.64. The number of amides is 1. The normalized spacial score (nSPS) is 12.2. The maximum Gasteiger partial charge on any atom is 0.283 e. The molecule has 0 atom stereocenters. The Morgan fingerprint density at radius 3 is 2.75 bits per heavy atom. The van der Waals surface area contributed by atoms with E-state index >= 15 is 0 Å². The van der Waals surface area contributed by atoms with Gasteiger partial charge in [0.1, 0.15) is 4.88 Å². The molecule has 0 bridgehead atoms. The summed E-state index contributed by atoms with van der Waals surface area (Å²) >= 11 is 7.68. The lowest BCUT2D eigenvalue weighted by Gasteiger charge is -2.04. The van der Waals surface area contributed by atoms with Gasteiger partial charge in [0.25, 0.3) is 5.91 Å². The van der Waals surface area contributed by atoms with Crippen LogP contribution < -0.4 is 5.43 Å². The molecule has 1 aromatic heterocycles. The number of hydrogen-bond donors (Lipinski definition) is 1. The summed E-state index contributed by atoms with van der Waals surface area (Å²) in [5, 5.41) is 5.51. The minimum Gasteiger partial charge on any atom is -0.266 e. The van der Waals surface area contributed by atoms with Crippen molar-refractivity contribution in [2.45, 2.75) is 27.7 Å². The van der Waals surface area contributed by atoms with E-state index in [0.717, 1.165) is 21.4 Å². The van der Waals surface area contributed by atoms with Gasteiger partial charge in [0, 0.05) is 15.8 Å². The molecule has 0 aliphatic carbocycles. The monoisotopic (exact) mass is 308 g/mol. The van der Waals surface area contributed by atoms with Gasteiger partial charge in [-0.3, -0.25) is 4.79 Å². The molecule has 1 heterocycles. The van der Waals surface area contributed by atoms with E-state index in [0.29, 0.717) is 15.8 Å². The molecule has 106 valence electrons. The first-order valence-electron chi connectivity index (χ1n) is 6.43. The second-order valence-electron chi connectivity index (χ2n) is 5.09. The molecule has 0 saturated heterocycles. The third-order valence-corrected chi connectivity index (χ3v) is 4.82. The quantitative estimate of drug-likeness (QED) is 0.652. The zero-order chi connectivity index (χ0) is 14.9. The van der Waals surface area contributed by atoms with Crippen LogP contribution in [0.1, 0.15) is 36.0 Å². The van der Waals surface area contributed by atoms with E-state index in [1.807, 2.05) is 45.9 Å². The number of fused-ring (bicyclic) bond motifs is 1. The predicted molar refractivity (Wildman–Crippen MR) is 87.0 cm³/mol. The third kappa shape index (κ3) is 3.02. The number of thiophene rings is 1. The summed E-state index contributed by atoms with van der Waals surface area (Å²) in [5.74, 6) is 0.0460. The molecule has 1 amide bonds. The number of nitrogens with one attached hydrogen (secondary N) is 1. The maximum atomic E-state index is 12.2. The second kappa shape index (κ2) is 5.94. The number of nitrogens with zero attached hydrogens (tertiary/aromatic N) is 1. The molecule has 0 fully saturated rings. The van der Waals surface area contributed by atoms with E-state index in [4.69, 9.17) is 11.6 Å². The summed E-state index contributed by atoms with van der Waals surface area (Å²) in [6, 6.07) is 5.97. The highest BCUT2D eigenvalue weighted by Gasteiger charge is 2.17. The number of aryl methyl sites for hydroxylation is 1. The minimum absolute atomic E-state index is 0.256. The molecule has 0 aliphatic rings. The minimum atomic E-state index is -0.256. The molecule has 2 rings (SSSR count). The molecule has 5 heteroatoms. The van der Waals surface area contributed by atoms with Crippen LogP contribution in [0.25, 0.3) is 10.1 Å². The van der Waals surface area contributed by atoms with Gasteiger partial charge in [-0.05, 0) is 31.4 Å². The van der Waals surface area contributed by atoms with Crippen molar-refractivity contribution in [3.05, 3.63) is 33.7 Å². The van der Waals surface area contributed by atoms with Crippen molar-refractivity contribution < 1.29 is 4.79 Å². The van der Waals surface area contributed by atoms with Gasteiger partial charge in [-0.1, -0.05) is 37.6 Å². The van der Waals surface area contributed by atoms with Crippen LogP contribution in [-0.4, -0.2) is 11.6 Å². The van der Waals surface area contributed by atoms with E-state index in [2.05, 4.69) is 10.5 Å². The highest BCUT2D eigenvalue weighted by atomic mass is 35.5.